The number of rotatable bonds is 7. The standard InChI is InChI=1S/C15H22N2O2/c1-19-13-6-4-12(5-7-13)15(8-9-15)11-17-14(18)3-2-10-16/h4-7H,2-3,8-11,16H2,1H3,(H,17,18). The summed E-state index contributed by atoms with van der Waals surface area (Å²) in [6.07, 6.45) is 3.55. The normalized spacial score (nSPS) is 15.9. The van der Waals surface area contributed by atoms with Crippen molar-refractivity contribution in [1.29, 1.82) is 0 Å². The fourth-order valence-electron chi connectivity index (χ4n) is 2.28. The maximum absolute atomic E-state index is 11.6. The molecular weight excluding hydrogens is 240 g/mol. The lowest BCUT2D eigenvalue weighted by Crippen LogP contribution is -2.32. The van der Waals surface area contributed by atoms with Crippen LogP contribution in [-0.4, -0.2) is 26.1 Å². The van der Waals surface area contributed by atoms with Gasteiger partial charge in [-0.3, -0.25) is 4.79 Å². The highest BCUT2D eigenvalue weighted by Gasteiger charge is 2.44. The first-order valence-corrected chi connectivity index (χ1v) is 6.81. The highest BCUT2D eigenvalue weighted by Crippen LogP contribution is 2.47. The Morgan fingerprint density at radius 3 is 2.58 bits per heavy atom. The van der Waals surface area contributed by atoms with Gasteiger partial charge in [0.15, 0.2) is 0 Å². The maximum Gasteiger partial charge on any atom is 0.220 e. The van der Waals surface area contributed by atoms with Gasteiger partial charge in [0.1, 0.15) is 5.75 Å². The van der Waals surface area contributed by atoms with E-state index in [2.05, 4.69) is 17.4 Å². The van der Waals surface area contributed by atoms with E-state index in [-0.39, 0.29) is 11.3 Å². The molecule has 3 N–H and O–H groups in total. The number of hydrogen-bond donors (Lipinski definition) is 2. The van der Waals surface area contributed by atoms with E-state index in [0.717, 1.165) is 31.6 Å². The third-order valence-corrected chi connectivity index (χ3v) is 3.79. The van der Waals surface area contributed by atoms with E-state index in [0.29, 0.717) is 13.0 Å². The number of hydrogen-bond acceptors (Lipinski definition) is 3. The van der Waals surface area contributed by atoms with Crippen LogP contribution >= 0.6 is 0 Å². The lowest BCUT2D eigenvalue weighted by atomic mass is 9.96. The molecule has 1 aromatic rings. The molecule has 0 spiro atoms. The molecule has 104 valence electrons. The highest BCUT2D eigenvalue weighted by molar-refractivity contribution is 5.76. The van der Waals surface area contributed by atoms with Crippen molar-refractivity contribution in [3.05, 3.63) is 29.8 Å². The number of nitrogens with one attached hydrogen (secondary N) is 1. The molecule has 0 radical (unpaired) electrons. The maximum atomic E-state index is 11.6. The molecule has 0 heterocycles. The molecule has 0 aliphatic heterocycles. The quantitative estimate of drug-likeness (QED) is 0.784. The molecule has 0 aromatic heterocycles. The molecule has 1 aliphatic carbocycles. The lowest BCUT2D eigenvalue weighted by molar-refractivity contribution is -0.121. The molecule has 0 atom stereocenters. The van der Waals surface area contributed by atoms with Crippen LogP contribution in [0.25, 0.3) is 0 Å². The average Bonchev–Trinajstić information content (AvgIpc) is 3.24. The molecular formula is C15H22N2O2. The highest BCUT2D eigenvalue weighted by atomic mass is 16.5. The molecule has 0 bridgehead atoms. The number of ether oxygens (including phenoxy) is 1. The van der Waals surface area contributed by atoms with E-state index in [1.165, 1.54) is 5.56 Å². The minimum Gasteiger partial charge on any atom is -0.497 e. The zero-order chi connectivity index (χ0) is 13.7. The molecule has 2 rings (SSSR count). The summed E-state index contributed by atoms with van der Waals surface area (Å²) >= 11 is 0. The van der Waals surface area contributed by atoms with Crippen LogP contribution in [-0.2, 0) is 10.2 Å². The Morgan fingerprint density at radius 1 is 1.37 bits per heavy atom. The van der Waals surface area contributed by atoms with Crippen LogP contribution in [0.5, 0.6) is 5.75 Å². The van der Waals surface area contributed by atoms with Gasteiger partial charge in [0.2, 0.25) is 5.91 Å². The second kappa shape index (κ2) is 6.06. The summed E-state index contributed by atoms with van der Waals surface area (Å²) in [7, 11) is 1.67. The second-order valence-electron chi connectivity index (χ2n) is 5.18. The van der Waals surface area contributed by atoms with E-state index in [1.54, 1.807) is 7.11 Å². The van der Waals surface area contributed by atoms with Gasteiger partial charge in [-0.05, 0) is 43.5 Å². The zero-order valence-corrected chi connectivity index (χ0v) is 11.4. The molecule has 1 saturated carbocycles. The Morgan fingerprint density at radius 2 is 2.05 bits per heavy atom. The third-order valence-electron chi connectivity index (χ3n) is 3.79. The van der Waals surface area contributed by atoms with Crippen molar-refractivity contribution in [2.45, 2.75) is 31.1 Å². The van der Waals surface area contributed by atoms with Crippen LogP contribution in [0.1, 0.15) is 31.2 Å². The first-order valence-electron chi connectivity index (χ1n) is 6.81. The third kappa shape index (κ3) is 3.47. The molecule has 1 fully saturated rings. The van der Waals surface area contributed by atoms with Gasteiger partial charge in [0, 0.05) is 18.4 Å². The minimum atomic E-state index is 0.102. The summed E-state index contributed by atoms with van der Waals surface area (Å²) in [5, 5.41) is 3.02. The molecule has 0 saturated heterocycles. The van der Waals surface area contributed by atoms with Crippen molar-refractivity contribution in [2.75, 3.05) is 20.2 Å². The van der Waals surface area contributed by atoms with Gasteiger partial charge in [0.05, 0.1) is 7.11 Å². The van der Waals surface area contributed by atoms with Gasteiger partial charge >= 0.3 is 0 Å². The topological polar surface area (TPSA) is 64.3 Å². The predicted octanol–water partition coefficient (Wildman–Crippen LogP) is 1.58. The zero-order valence-electron chi connectivity index (χ0n) is 11.4. The van der Waals surface area contributed by atoms with E-state index < -0.39 is 0 Å². The first-order chi connectivity index (χ1) is 9.20. The number of benzene rings is 1. The summed E-state index contributed by atoms with van der Waals surface area (Å²) in [5.74, 6) is 0.969. The summed E-state index contributed by atoms with van der Waals surface area (Å²) in [4.78, 5) is 11.6. The van der Waals surface area contributed by atoms with Crippen molar-refractivity contribution in [3.8, 4) is 5.75 Å². The smallest absolute Gasteiger partial charge is 0.220 e. The second-order valence-corrected chi connectivity index (χ2v) is 5.18. The Labute approximate surface area is 114 Å². The first kappa shape index (κ1) is 13.9. The number of methoxy groups -OCH3 is 1. The minimum absolute atomic E-state index is 0.102. The van der Waals surface area contributed by atoms with Gasteiger partial charge in [-0.2, -0.15) is 0 Å². The van der Waals surface area contributed by atoms with E-state index in [4.69, 9.17) is 10.5 Å². The van der Waals surface area contributed by atoms with Crippen LogP contribution in [0, 0.1) is 0 Å². The largest absolute Gasteiger partial charge is 0.497 e. The fourth-order valence-corrected chi connectivity index (χ4v) is 2.28. The number of amides is 1. The molecule has 1 aromatic carbocycles. The number of carbonyl (C=O) groups is 1. The van der Waals surface area contributed by atoms with Crippen molar-refractivity contribution in [3.63, 3.8) is 0 Å². The predicted molar refractivity (Wildman–Crippen MR) is 75.2 cm³/mol. The van der Waals surface area contributed by atoms with Crippen LogP contribution in [0.15, 0.2) is 24.3 Å². The summed E-state index contributed by atoms with van der Waals surface area (Å²) < 4.78 is 5.16. The van der Waals surface area contributed by atoms with Gasteiger partial charge in [0.25, 0.3) is 0 Å². The van der Waals surface area contributed by atoms with E-state index >= 15 is 0 Å². The Hall–Kier alpha value is -1.55. The SMILES string of the molecule is COc1ccc(C2(CNC(=O)CCCN)CC2)cc1. The Kier molecular flexibility index (Phi) is 4.43. The van der Waals surface area contributed by atoms with Crippen molar-refractivity contribution in [1.82, 2.24) is 5.32 Å². The van der Waals surface area contributed by atoms with Crippen LogP contribution in [0.3, 0.4) is 0 Å². The monoisotopic (exact) mass is 262 g/mol. The Bertz CT molecular complexity index is 424. The lowest BCUT2D eigenvalue weighted by Gasteiger charge is -2.17. The van der Waals surface area contributed by atoms with Gasteiger partial charge in [-0.25, -0.2) is 0 Å². The molecule has 1 aliphatic rings. The van der Waals surface area contributed by atoms with Gasteiger partial charge < -0.3 is 15.8 Å². The average molecular weight is 262 g/mol. The summed E-state index contributed by atoms with van der Waals surface area (Å²) in [6, 6.07) is 8.15. The van der Waals surface area contributed by atoms with E-state index in [9.17, 15) is 4.79 Å². The van der Waals surface area contributed by atoms with Crippen LogP contribution in [0.2, 0.25) is 0 Å². The molecule has 0 unspecified atom stereocenters. The molecule has 4 heteroatoms. The van der Waals surface area contributed by atoms with Crippen LogP contribution < -0.4 is 15.8 Å². The summed E-state index contributed by atoms with van der Waals surface area (Å²) in [5.41, 5.74) is 6.83. The van der Waals surface area contributed by atoms with E-state index in [1.807, 2.05) is 12.1 Å². The number of nitrogens with two attached hydrogens (primary N) is 1. The Balaban J connectivity index is 1.89. The van der Waals surface area contributed by atoms with Crippen LogP contribution in [0.4, 0.5) is 0 Å². The molecule has 1 amide bonds. The molecule has 19 heavy (non-hydrogen) atoms. The fraction of sp³-hybridized carbons (Fsp3) is 0.533. The van der Waals surface area contributed by atoms with Gasteiger partial charge in [-0.1, -0.05) is 12.1 Å². The molecule has 4 nitrogen and oxygen atoms in total. The summed E-state index contributed by atoms with van der Waals surface area (Å²) in [6.45, 7) is 1.29. The van der Waals surface area contributed by atoms with Crippen molar-refractivity contribution in [2.24, 2.45) is 5.73 Å². The van der Waals surface area contributed by atoms with Gasteiger partial charge in [-0.15, -0.1) is 0 Å². The van der Waals surface area contributed by atoms with Crippen molar-refractivity contribution >= 4 is 5.91 Å². The van der Waals surface area contributed by atoms with Crippen molar-refractivity contribution < 1.29 is 9.53 Å². The number of carbonyl (C=O) groups excluding carboxylic acids is 1.